The molecule has 0 spiro atoms. The molecule has 1 amide bonds. The van der Waals surface area contributed by atoms with Crippen molar-refractivity contribution in [3.05, 3.63) is 84.4 Å². The number of aryl methyl sites for hydroxylation is 1. The van der Waals surface area contributed by atoms with Crippen LogP contribution in [0.15, 0.2) is 66.9 Å². The van der Waals surface area contributed by atoms with Crippen LogP contribution in [-0.2, 0) is 4.74 Å². The van der Waals surface area contributed by atoms with E-state index in [1.165, 1.54) is 30.9 Å². The van der Waals surface area contributed by atoms with E-state index >= 15 is 0 Å². The molecule has 3 aromatic rings. The third kappa shape index (κ3) is 4.49. The summed E-state index contributed by atoms with van der Waals surface area (Å²) in [7, 11) is 1.63. The molecule has 1 aromatic carbocycles. The zero-order valence-electron chi connectivity index (χ0n) is 15.9. The summed E-state index contributed by atoms with van der Waals surface area (Å²) in [6, 6.07) is 6.98. The number of nitrogens with zero attached hydrogens (tertiary/aromatic N) is 4. The molecule has 0 aliphatic heterocycles. The van der Waals surface area contributed by atoms with Crippen LogP contribution in [0.25, 0.3) is 11.3 Å². The van der Waals surface area contributed by atoms with E-state index in [-0.39, 0.29) is 11.4 Å². The molecule has 0 bridgehead atoms. The Balaban J connectivity index is 1.84. The first kappa shape index (κ1) is 19.8. The van der Waals surface area contributed by atoms with Gasteiger partial charge in [0.2, 0.25) is 5.90 Å². The van der Waals surface area contributed by atoms with Gasteiger partial charge in [-0.05, 0) is 30.7 Å². The maximum atomic E-state index is 13.7. The topological polar surface area (TPSA) is 89.4 Å². The molecule has 0 unspecified atom stereocenters. The number of hydrogen-bond donors (Lipinski definition) is 1. The quantitative estimate of drug-likeness (QED) is 0.406. The molecule has 3 rings (SSSR count). The Morgan fingerprint density at radius 2 is 2.07 bits per heavy atom. The van der Waals surface area contributed by atoms with E-state index in [1.807, 2.05) is 25.1 Å². The van der Waals surface area contributed by atoms with Crippen molar-refractivity contribution in [3.8, 4) is 11.3 Å². The number of halogens is 1. The van der Waals surface area contributed by atoms with Gasteiger partial charge in [0.25, 0.3) is 5.91 Å². The van der Waals surface area contributed by atoms with Crippen LogP contribution in [-0.4, -0.2) is 33.8 Å². The van der Waals surface area contributed by atoms with E-state index in [2.05, 4.69) is 31.8 Å². The van der Waals surface area contributed by atoms with Gasteiger partial charge in [-0.2, -0.15) is 0 Å². The lowest BCUT2D eigenvalue weighted by Crippen LogP contribution is -2.15. The lowest BCUT2D eigenvalue weighted by Gasteiger charge is -2.10. The van der Waals surface area contributed by atoms with E-state index in [9.17, 15) is 9.18 Å². The molecule has 0 atom stereocenters. The number of pyridine rings is 1. The second kappa shape index (κ2) is 8.83. The highest BCUT2D eigenvalue weighted by Gasteiger charge is 2.13. The standard InChI is InChI=1S/C21H18FN5O2/c1-4-29-21(23-3)14-6-5-13(2)16(9-14)18-11-26-19(12-25-18)27-20(28)15-7-8-24-10-17(15)22/h4-12H,1H2,2-3H3,(H,26,27,28). The number of nitrogens with one attached hydrogen (secondary N) is 1. The summed E-state index contributed by atoms with van der Waals surface area (Å²) in [5, 5.41) is 2.52. The first-order valence-corrected chi connectivity index (χ1v) is 8.62. The van der Waals surface area contributed by atoms with Gasteiger partial charge in [0.05, 0.1) is 36.1 Å². The zero-order valence-corrected chi connectivity index (χ0v) is 15.9. The van der Waals surface area contributed by atoms with Gasteiger partial charge in [0, 0.05) is 24.4 Å². The molecule has 8 heteroatoms. The molecule has 0 saturated carbocycles. The maximum Gasteiger partial charge on any atom is 0.259 e. The number of aromatic nitrogens is 3. The molecular formula is C21H18FN5O2. The molecule has 0 saturated heterocycles. The number of amides is 1. The van der Waals surface area contributed by atoms with E-state index in [4.69, 9.17) is 4.74 Å². The summed E-state index contributed by atoms with van der Waals surface area (Å²) in [4.78, 5) is 28.5. The second-order valence-corrected chi connectivity index (χ2v) is 5.94. The Morgan fingerprint density at radius 1 is 1.24 bits per heavy atom. The van der Waals surface area contributed by atoms with Crippen molar-refractivity contribution in [3.63, 3.8) is 0 Å². The first-order chi connectivity index (χ1) is 14.0. The van der Waals surface area contributed by atoms with Gasteiger partial charge in [-0.15, -0.1) is 0 Å². The van der Waals surface area contributed by atoms with Crippen molar-refractivity contribution >= 4 is 17.6 Å². The van der Waals surface area contributed by atoms with Gasteiger partial charge < -0.3 is 10.1 Å². The van der Waals surface area contributed by atoms with Crippen molar-refractivity contribution in [2.75, 3.05) is 12.4 Å². The van der Waals surface area contributed by atoms with E-state index < -0.39 is 11.7 Å². The fourth-order valence-corrected chi connectivity index (χ4v) is 2.63. The number of anilines is 1. The van der Waals surface area contributed by atoms with Crippen LogP contribution in [0.2, 0.25) is 0 Å². The van der Waals surface area contributed by atoms with Crippen molar-refractivity contribution in [1.29, 1.82) is 0 Å². The first-order valence-electron chi connectivity index (χ1n) is 8.62. The van der Waals surface area contributed by atoms with Gasteiger partial charge in [0.1, 0.15) is 0 Å². The zero-order chi connectivity index (χ0) is 20.8. The Labute approximate surface area is 167 Å². The molecular weight excluding hydrogens is 373 g/mol. The molecule has 7 nitrogen and oxygen atoms in total. The molecule has 0 aliphatic carbocycles. The minimum absolute atomic E-state index is 0.122. The van der Waals surface area contributed by atoms with Crippen molar-refractivity contribution in [2.24, 2.45) is 4.99 Å². The molecule has 29 heavy (non-hydrogen) atoms. The van der Waals surface area contributed by atoms with Gasteiger partial charge >= 0.3 is 0 Å². The van der Waals surface area contributed by atoms with Crippen LogP contribution in [0.1, 0.15) is 21.5 Å². The van der Waals surface area contributed by atoms with Gasteiger partial charge in [-0.3, -0.25) is 19.8 Å². The van der Waals surface area contributed by atoms with Crippen LogP contribution < -0.4 is 5.32 Å². The van der Waals surface area contributed by atoms with E-state index in [1.54, 1.807) is 7.05 Å². The highest BCUT2D eigenvalue weighted by atomic mass is 19.1. The largest absolute Gasteiger partial charge is 0.447 e. The molecule has 0 fully saturated rings. The maximum absolute atomic E-state index is 13.7. The van der Waals surface area contributed by atoms with Crippen LogP contribution in [0, 0.1) is 12.7 Å². The normalized spacial score (nSPS) is 11.1. The second-order valence-electron chi connectivity index (χ2n) is 5.94. The summed E-state index contributed by atoms with van der Waals surface area (Å²) < 4.78 is 19.0. The van der Waals surface area contributed by atoms with Gasteiger partial charge in [0.15, 0.2) is 11.6 Å². The third-order valence-corrected chi connectivity index (χ3v) is 4.07. The number of rotatable bonds is 5. The summed E-state index contributed by atoms with van der Waals surface area (Å²) in [5.41, 5.74) is 3.06. The van der Waals surface area contributed by atoms with Crippen molar-refractivity contribution in [2.45, 2.75) is 6.92 Å². The molecule has 0 aliphatic rings. The van der Waals surface area contributed by atoms with Gasteiger partial charge in [-0.1, -0.05) is 12.6 Å². The average Bonchev–Trinajstić information content (AvgIpc) is 2.73. The van der Waals surface area contributed by atoms with E-state index in [0.717, 1.165) is 22.9 Å². The summed E-state index contributed by atoms with van der Waals surface area (Å²) >= 11 is 0. The number of carbonyl (C=O) groups is 1. The van der Waals surface area contributed by atoms with Gasteiger partial charge in [-0.25, -0.2) is 9.37 Å². The fraction of sp³-hybridized carbons (Fsp3) is 0.0952. The fourth-order valence-electron chi connectivity index (χ4n) is 2.63. The Bertz CT molecular complexity index is 1080. The predicted molar refractivity (Wildman–Crippen MR) is 108 cm³/mol. The molecule has 2 aromatic heterocycles. The number of carbonyl (C=O) groups excluding carboxylic acids is 1. The predicted octanol–water partition coefficient (Wildman–Crippen LogP) is 3.77. The number of benzene rings is 1. The molecule has 1 N–H and O–H groups in total. The van der Waals surface area contributed by atoms with Crippen LogP contribution >= 0.6 is 0 Å². The molecule has 0 radical (unpaired) electrons. The Kier molecular flexibility index (Phi) is 6.03. The molecule has 146 valence electrons. The smallest absolute Gasteiger partial charge is 0.259 e. The minimum atomic E-state index is -0.711. The average molecular weight is 391 g/mol. The van der Waals surface area contributed by atoms with Crippen LogP contribution in [0.3, 0.4) is 0 Å². The Hall–Kier alpha value is -3.94. The number of aliphatic imine (C=N–C) groups is 1. The third-order valence-electron chi connectivity index (χ3n) is 4.07. The van der Waals surface area contributed by atoms with Crippen LogP contribution in [0.4, 0.5) is 10.2 Å². The minimum Gasteiger partial charge on any atom is -0.447 e. The summed E-state index contributed by atoms with van der Waals surface area (Å²) in [6.45, 7) is 5.49. The van der Waals surface area contributed by atoms with Crippen molar-refractivity contribution in [1.82, 2.24) is 15.0 Å². The lowest BCUT2D eigenvalue weighted by molar-refractivity contribution is 0.102. The highest BCUT2D eigenvalue weighted by Crippen LogP contribution is 2.23. The van der Waals surface area contributed by atoms with Crippen LogP contribution in [0.5, 0.6) is 0 Å². The monoisotopic (exact) mass is 391 g/mol. The SMILES string of the molecule is C=COC(=NC)c1ccc(C)c(-c2cnc(NC(=O)c3ccncc3F)cn2)c1. The number of ether oxygens (including phenoxy) is 1. The van der Waals surface area contributed by atoms with Crippen molar-refractivity contribution < 1.29 is 13.9 Å². The Morgan fingerprint density at radius 3 is 2.72 bits per heavy atom. The van der Waals surface area contributed by atoms with E-state index in [0.29, 0.717) is 11.6 Å². The summed E-state index contributed by atoms with van der Waals surface area (Å²) in [6.07, 6.45) is 6.57. The number of hydrogen-bond acceptors (Lipinski definition) is 6. The highest BCUT2D eigenvalue weighted by molar-refractivity contribution is 6.03. The summed E-state index contributed by atoms with van der Waals surface area (Å²) in [5.74, 6) is -0.709. The molecule has 2 heterocycles. The lowest BCUT2D eigenvalue weighted by atomic mass is 10.0.